The van der Waals surface area contributed by atoms with E-state index in [0.717, 1.165) is 53.1 Å². The Kier molecular flexibility index (Phi) is 7.54. The molecule has 3 aromatic carbocycles. The van der Waals surface area contributed by atoms with Crippen LogP contribution < -0.4 is 15.4 Å². The minimum absolute atomic E-state index is 0.109. The number of carbonyl (C=O) groups is 2. The summed E-state index contributed by atoms with van der Waals surface area (Å²) in [5.74, 6) is 0.228. The van der Waals surface area contributed by atoms with E-state index in [2.05, 4.69) is 33.8 Å². The molecule has 0 unspecified atom stereocenters. The Hall–Kier alpha value is -3.75. The summed E-state index contributed by atoms with van der Waals surface area (Å²) in [6, 6.07) is 23.5. The average Bonchev–Trinajstić information content (AvgIpc) is 3.31. The molecule has 0 radical (unpaired) electrons. The van der Waals surface area contributed by atoms with E-state index in [1.807, 2.05) is 42.5 Å². The number of nitrogens with one attached hydrogen (secondary N) is 2. The molecule has 5 rings (SSSR count). The predicted octanol–water partition coefficient (Wildman–Crippen LogP) is 4.82. The molecule has 0 saturated carbocycles. The molecule has 36 heavy (non-hydrogen) atoms. The van der Waals surface area contributed by atoms with Gasteiger partial charge in [-0.3, -0.25) is 9.59 Å². The number of amides is 2. The van der Waals surface area contributed by atoms with Crippen molar-refractivity contribution in [2.45, 2.75) is 25.4 Å². The Morgan fingerprint density at radius 1 is 0.944 bits per heavy atom. The van der Waals surface area contributed by atoms with Gasteiger partial charge in [-0.05, 0) is 47.5 Å². The highest BCUT2D eigenvalue weighted by atomic mass is 32.1. The van der Waals surface area contributed by atoms with Crippen molar-refractivity contribution < 1.29 is 19.1 Å². The van der Waals surface area contributed by atoms with Crippen molar-refractivity contribution >= 4 is 39.1 Å². The molecule has 1 aliphatic heterocycles. The average molecular weight is 502 g/mol. The molecule has 0 spiro atoms. The molecule has 2 amide bonds. The van der Waals surface area contributed by atoms with Crippen LogP contribution in [-0.4, -0.2) is 42.7 Å². The number of hydrogen-bond donors (Lipinski definition) is 2. The molecule has 1 aliphatic rings. The van der Waals surface area contributed by atoms with Crippen molar-refractivity contribution in [3.05, 3.63) is 77.8 Å². The van der Waals surface area contributed by atoms with E-state index >= 15 is 0 Å². The van der Waals surface area contributed by atoms with Crippen LogP contribution in [-0.2, 0) is 20.7 Å². The topological polar surface area (TPSA) is 89.6 Å². The Morgan fingerprint density at radius 2 is 1.72 bits per heavy atom. The van der Waals surface area contributed by atoms with E-state index in [1.54, 1.807) is 12.1 Å². The number of nitrogens with zero attached hydrogens (tertiary/aromatic N) is 1. The third-order valence-corrected chi connectivity index (χ3v) is 6.93. The summed E-state index contributed by atoms with van der Waals surface area (Å²) in [6.45, 7) is 1.33. The van der Waals surface area contributed by atoms with Crippen molar-refractivity contribution in [1.82, 2.24) is 10.3 Å². The lowest BCUT2D eigenvalue weighted by Gasteiger charge is -2.23. The van der Waals surface area contributed by atoms with Gasteiger partial charge in [-0.2, -0.15) is 0 Å². The molecule has 2 N–H and O–H groups in total. The van der Waals surface area contributed by atoms with Crippen LogP contribution in [0.1, 0.15) is 17.8 Å². The molecule has 8 heteroatoms. The van der Waals surface area contributed by atoms with Crippen LogP contribution in [0.4, 0.5) is 5.69 Å². The number of ether oxygens (including phenoxy) is 2. The van der Waals surface area contributed by atoms with Gasteiger partial charge in [0.2, 0.25) is 11.8 Å². The van der Waals surface area contributed by atoms with Gasteiger partial charge >= 0.3 is 0 Å². The Labute approximate surface area is 213 Å². The summed E-state index contributed by atoms with van der Waals surface area (Å²) >= 11 is 1.49. The van der Waals surface area contributed by atoms with Crippen molar-refractivity contribution in [3.8, 4) is 16.9 Å². The van der Waals surface area contributed by atoms with Crippen molar-refractivity contribution in [2.24, 2.45) is 0 Å². The molecular formula is C28H27N3O4S. The van der Waals surface area contributed by atoms with E-state index in [4.69, 9.17) is 9.47 Å². The fourth-order valence-electron chi connectivity index (χ4n) is 4.05. The lowest BCUT2D eigenvalue weighted by atomic mass is 10.1. The van der Waals surface area contributed by atoms with E-state index < -0.39 is 0 Å². The molecule has 1 aromatic heterocycles. The largest absolute Gasteiger partial charge is 0.490 e. The molecule has 0 aliphatic carbocycles. The molecule has 4 aromatic rings. The van der Waals surface area contributed by atoms with Gasteiger partial charge in [-0.15, -0.1) is 11.3 Å². The summed E-state index contributed by atoms with van der Waals surface area (Å²) in [5.41, 5.74) is 3.76. The fourth-order valence-corrected chi connectivity index (χ4v) is 5.05. The molecule has 1 saturated heterocycles. The first-order chi connectivity index (χ1) is 17.6. The Morgan fingerprint density at radius 3 is 2.50 bits per heavy atom. The first-order valence-electron chi connectivity index (χ1n) is 12.0. The summed E-state index contributed by atoms with van der Waals surface area (Å²) in [6.07, 6.45) is 2.05. The highest BCUT2D eigenvalue weighted by Gasteiger charge is 2.15. The maximum absolute atomic E-state index is 12.4. The number of benzene rings is 3. The second-order valence-corrected chi connectivity index (χ2v) is 9.73. The van der Waals surface area contributed by atoms with E-state index in [9.17, 15) is 9.59 Å². The van der Waals surface area contributed by atoms with Crippen LogP contribution >= 0.6 is 11.3 Å². The van der Waals surface area contributed by atoms with Gasteiger partial charge in [0.25, 0.3) is 0 Å². The van der Waals surface area contributed by atoms with Gasteiger partial charge in [0, 0.05) is 18.5 Å². The number of thiazole rings is 1. The number of carbonyl (C=O) groups excluding carboxylic acids is 2. The first-order valence-corrected chi connectivity index (χ1v) is 12.8. The molecule has 7 nitrogen and oxygen atoms in total. The number of hydrogen-bond acceptors (Lipinski definition) is 6. The minimum atomic E-state index is -0.293. The van der Waals surface area contributed by atoms with Crippen molar-refractivity contribution in [3.63, 3.8) is 0 Å². The zero-order chi connectivity index (χ0) is 24.7. The third-order valence-electron chi connectivity index (χ3n) is 5.91. The number of rotatable bonds is 8. The fraction of sp³-hybridized carbons (Fsp3) is 0.250. The standard InChI is InChI=1S/C28H27N3O4S/c32-26(17-28-31-24-11-6-20(16-25(24)36-28)19-4-2-1-3-5-19)29-18-27(33)30-21-7-9-22(10-8-21)35-23-12-14-34-15-13-23/h1-11,16,23H,12-15,17-18H2,(H,29,32)(H,30,33). The highest BCUT2D eigenvalue weighted by Crippen LogP contribution is 2.28. The first kappa shape index (κ1) is 24.0. The summed E-state index contributed by atoms with van der Waals surface area (Å²) in [5, 5.41) is 6.19. The van der Waals surface area contributed by atoms with Gasteiger partial charge in [-0.25, -0.2) is 4.98 Å². The van der Waals surface area contributed by atoms with Crippen LogP contribution in [0.15, 0.2) is 72.8 Å². The van der Waals surface area contributed by atoms with E-state index in [1.165, 1.54) is 11.3 Å². The number of anilines is 1. The SMILES string of the molecule is O=C(Cc1nc2ccc(-c3ccccc3)cc2s1)NCC(=O)Nc1ccc(OC2CCOCC2)cc1. The zero-order valence-corrected chi connectivity index (χ0v) is 20.6. The van der Waals surface area contributed by atoms with Crippen LogP contribution in [0.5, 0.6) is 5.75 Å². The maximum Gasteiger partial charge on any atom is 0.243 e. The molecule has 0 bridgehead atoms. The van der Waals surface area contributed by atoms with Gasteiger partial charge < -0.3 is 20.1 Å². The summed E-state index contributed by atoms with van der Waals surface area (Å²) in [7, 11) is 0. The summed E-state index contributed by atoms with van der Waals surface area (Å²) in [4.78, 5) is 29.3. The van der Waals surface area contributed by atoms with Crippen molar-refractivity contribution in [2.75, 3.05) is 25.1 Å². The normalized spacial score (nSPS) is 13.9. The Bertz CT molecular complexity index is 1330. The lowest BCUT2D eigenvalue weighted by molar-refractivity contribution is -0.123. The third kappa shape index (κ3) is 6.27. The monoisotopic (exact) mass is 501 g/mol. The van der Waals surface area contributed by atoms with Crippen LogP contribution in [0.2, 0.25) is 0 Å². The quantitative estimate of drug-likeness (QED) is 0.361. The molecule has 1 fully saturated rings. The van der Waals surface area contributed by atoms with Crippen molar-refractivity contribution in [1.29, 1.82) is 0 Å². The Balaban J connectivity index is 1.10. The van der Waals surface area contributed by atoms with Gasteiger partial charge in [0.1, 0.15) is 16.9 Å². The number of fused-ring (bicyclic) bond motifs is 1. The highest BCUT2D eigenvalue weighted by molar-refractivity contribution is 7.18. The maximum atomic E-state index is 12.4. The number of aromatic nitrogens is 1. The van der Waals surface area contributed by atoms with Crippen LogP contribution in [0.3, 0.4) is 0 Å². The van der Waals surface area contributed by atoms with Gasteiger partial charge in [-0.1, -0.05) is 36.4 Å². The predicted molar refractivity (Wildman–Crippen MR) is 141 cm³/mol. The van der Waals surface area contributed by atoms with Gasteiger partial charge in [0.15, 0.2) is 0 Å². The molecule has 2 heterocycles. The van der Waals surface area contributed by atoms with Crippen LogP contribution in [0, 0.1) is 0 Å². The second-order valence-electron chi connectivity index (χ2n) is 8.61. The second kappa shape index (κ2) is 11.3. The zero-order valence-electron chi connectivity index (χ0n) is 19.7. The van der Waals surface area contributed by atoms with E-state index in [-0.39, 0.29) is 30.9 Å². The minimum Gasteiger partial charge on any atom is -0.490 e. The molecule has 184 valence electrons. The molecule has 0 atom stereocenters. The lowest BCUT2D eigenvalue weighted by Crippen LogP contribution is -2.33. The van der Waals surface area contributed by atoms with Crippen LogP contribution in [0.25, 0.3) is 21.3 Å². The molecular weight excluding hydrogens is 474 g/mol. The van der Waals surface area contributed by atoms with Gasteiger partial charge in [0.05, 0.1) is 36.4 Å². The smallest absolute Gasteiger partial charge is 0.243 e. The van der Waals surface area contributed by atoms with E-state index in [0.29, 0.717) is 10.7 Å². The summed E-state index contributed by atoms with van der Waals surface area (Å²) < 4.78 is 12.3.